The van der Waals surface area contributed by atoms with Gasteiger partial charge in [0.15, 0.2) is 0 Å². The fraction of sp³-hybridized carbons (Fsp3) is 0.250. The zero-order valence-electron chi connectivity index (χ0n) is 10.00. The molecule has 2 heterocycles. The monoisotopic (exact) mass is 246 g/mol. The van der Waals surface area contributed by atoms with Crippen LogP contribution >= 0.6 is 0 Å². The van der Waals surface area contributed by atoms with Crippen molar-refractivity contribution in [2.75, 3.05) is 12.4 Å². The van der Waals surface area contributed by atoms with Crippen molar-refractivity contribution >= 4 is 5.95 Å². The van der Waals surface area contributed by atoms with Crippen LogP contribution in [-0.2, 0) is 13.2 Å². The molecule has 0 atom stereocenters. The third-order valence-electron chi connectivity index (χ3n) is 2.36. The number of pyridine rings is 1. The third-order valence-corrected chi connectivity index (χ3v) is 2.36. The first-order valence-corrected chi connectivity index (χ1v) is 5.48. The highest BCUT2D eigenvalue weighted by Crippen LogP contribution is 2.14. The normalized spacial score (nSPS) is 10.1. The minimum Gasteiger partial charge on any atom is -0.481 e. The highest BCUT2D eigenvalue weighted by molar-refractivity contribution is 5.32. The molecule has 2 aromatic heterocycles. The molecule has 94 valence electrons. The summed E-state index contributed by atoms with van der Waals surface area (Å²) in [6.07, 6.45) is 3.27. The molecule has 0 aliphatic carbocycles. The quantitative estimate of drug-likeness (QED) is 0.818. The number of nitrogens with zero attached hydrogens (tertiary/aromatic N) is 3. The minimum absolute atomic E-state index is 0.104. The van der Waals surface area contributed by atoms with Gasteiger partial charge in [-0.25, -0.2) is 15.0 Å². The maximum atomic E-state index is 8.98. The van der Waals surface area contributed by atoms with Gasteiger partial charge in [-0.05, 0) is 12.1 Å². The number of aliphatic hydroxyl groups is 1. The fourth-order valence-corrected chi connectivity index (χ4v) is 1.49. The summed E-state index contributed by atoms with van der Waals surface area (Å²) in [7, 11) is 1.58. The largest absolute Gasteiger partial charge is 0.481 e. The molecule has 0 aliphatic heterocycles. The van der Waals surface area contributed by atoms with E-state index in [1.807, 2.05) is 12.1 Å². The molecule has 0 aliphatic rings. The molecule has 6 nitrogen and oxygen atoms in total. The van der Waals surface area contributed by atoms with Crippen LogP contribution in [0.3, 0.4) is 0 Å². The lowest BCUT2D eigenvalue weighted by atomic mass is 10.3. The number of hydrogen-bond acceptors (Lipinski definition) is 6. The Morgan fingerprint density at radius 1 is 1.28 bits per heavy atom. The summed E-state index contributed by atoms with van der Waals surface area (Å²) in [6, 6.07) is 5.41. The molecule has 0 aromatic carbocycles. The van der Waals surface area contributed by atoms with Crippen molar-refractivity contribution in [1.29, 1.82) is 0 Å². The molecule has 0 saturated heterocycles. The van der Waals surface area contributed by atoms with Crippen molar-refractivity contribution in [2.24, 2.45) is 0 Å². The Labute approximate surface area is 105 Å². The zero-order chi connectivity index (χ0) is 12.8. The number of ether oxygens (including phenoxy) is 1. The second kappa shape index (κ2) is 5.92. The maximum Gasteiger partial charge on any atom is 0.223 e. The summed E-state index contributed by atoms with van der Waals surface area (Å²) in [5, 5.41) is 12.0. The van der Waals surface area contributed by atoms with E-state index in [0.717, 1.165) is 5.56 Å². The molecule has 0 spiro atoms. The predicted molar refractivity (Wildman–Crippen MR) is 66.1 cm³/mol. The molecular formula is C12H14N4O2. The number of nitrogens with one attached hydrogen (secondary N) is 1. The Morgan fingerprint density at radius 3 is 2.94 bits per heavy atom. The number of anilines is 1. The average molecular weight is 246 g/mol. The van der Waals surface area contributed by atoms with Crippen LogP contribution in [0.15, 0.2) is 30.6 Å². The van der Waals surface area contributed by atoms with Gasteiger partial charge in [-0.3, -0.25) is 0 Å². The highest BCUT2D eigenvalue weighted by atomic mass is 16.5. The van der Waals surface area contributed by atoms with Gasteiger partial charge >= 0.3 is 0 Å². The van der Waals surface area contributed by atoms with Crippen LogP contribution in [0.5, 0.6) is 5.88 Å². The lowest BCUT2D eigenvalue weighted by Gasteiger charge is -2.08. The molecule has 2 aromatic rings. The molecule has 0 bridgehead atoms. The van der Waals surface area contributed by atoms with E-state index in [2.05, 4.69) is 20.3 Å². The van der Waals surface area contributed by atoms with Crippen LogP contribution in [0.4, 0.5) is 5.95 Å². The molecule has 2 N–H and O–H groups in total. The molecular weight excluding hydrogens is 232 g/mol. The van der Waals surface area contributed by atoms with Gasteiger partial charge in [0.2, 0.25) is 11.8 Å². The van der Waals surface area contributed by atoms with Crippen molar-refractivity contribution in [3.8, 4) is 5.88 Å². The van der Waals surface area contributed by atoms with Crippen molar-refractivity contribution in [2.45, 2.75) is 13.2 Å². The molecule has 0 saturated carbocycles. The van der Waals surface area contributed by atoms with E-state index < -0.39 is 0 Å². The van der Waals surface area contributed by atoms with E-state index in [9.17, 15) is 0 Å². The van der Waals surface area contributed by atoms with Crippen LogP contribution in [0.1, 0.15) is 11.3 Å². The Hall–Kier alpha value is -2.21. The predicted octanol–water partition coefficient (Wildman–Crippen LogP) is 0.985. The SMILES string of the molecule is COc1ncccc1CNc1nccc(CO)n1. The first-order chi connectivity index (χ1) is 8.83. The van der Waals surface area contributed by atoms with Gasteiger partial charge in [-0.1, -0.05) is 6.07 Å². The van der Waals surface area contributed by atoms with Gasteiger partial charge in [-0.2, -0.15) is 0 Å². The van der Waals surface area contributed by atoms with Gasteiger partial charge < -0.3 is 15.2 Å². The van der Waals surface area contributed by atoms with Crippen LogP contribution in [0.2, 0.25) is 0 Å². The van der Waals surface area contributed by atoms with E-state index in [1.165, 1.54) is 0 Å². The topological polar surface area (TPSA) is 80.2 Å². The third kappa shape index (κ3) is 2.92. The fourth-order valence-electron chi connectivity index (χ4n) is 1.49. The minimum atomic E-state index is -0.104. The van der Waals surface area contributed by atoms with Gasteiger partial charge in [0.05, 0.1) is 19.4 Å². The molecule has 0 fully saturated rings. The maximum absolute atomic E-state index is 8.98. The van der Waals surface area contributed by atoms with E-state index in [1.54, 1.807) is 25.6 Å². The van der Waals surface area contributed by atoms with Crippen LogP contribution in [-0.4, -0.2) is 27.2 Å². The highest BCUT2D eigenvalue weighted by Gasteiger charge is 2.04. The summed E-state index contributed by atoms with van der Waals surface area (Å²) in [5.74, 6) is 1.04. The molecule has 0 unspecified atom stereocenters. The number of methoxy groups -OCH3 is 1. The number of aliphatic hydroxyl groups excluding tert-OH is 1. The van der Waals surface area contributed by atoms with Crippen molar-refractivity contribution in [1.82, 2.24) is 15.0 Å². The first-order valence-electron chi connectivity index (χ1n) is 5.48. The van der Waals surface area contributed by atoms with E-state index in [4.69, 9.17) is 9.84 Å². The van der Waals surface area contributed by atoms with E-state index in [0.29, 0.717) is 24.1 Å². The smallest absolute Gasteiger partial charge is 0.223 e. The summed E-state index contributed by atoms with van der Waals surface area (Å²) in [5.41, 5.74) is 1.49. The average Bonchev–Trinajstić information content (AvgIpc) is 2.45. The summed E-state index contributed by atoms with van der Waals surface area (Å²) in [6.45, 7) is 0.402. The zero-order valence-corrected chi connectivity index (χ0v) is 10.00. The molecule has 2 rings (SSSR count). The van der Waals surface area contributed by atoms with Gasteiger partial charge in [0, 0.05) is 24.5 Å². The van der Waals surface area contributed by atoms with Gasteiger partial charge in [0.25, 0.3) is 0 Å². The molecule has 0 radical (unpaired) electrons. The number of aromatic nitrogens is 3. The van der Waals surface area contributed by atoms with Crippen LogP contribution in [0, 0.1) is 0 Å². The Kier molecular flexibility index (Phi) is 4.03. The van der Waals surface area contributed by atoms with Crippen molar-refractivity contribution < 1.29 is 9.84 Å². The van der Waals surface area contributed by atoms with E-state index in [-0.39, 0.29) is 6.61 Å². The Balaban J connectivity index is 2.06. The second-order valence-electron chi connectivity index (χ2n) is 3.56. The Bertz CT molecular complexity index is 519. The summed E-state index contributed by atoms with van der Waals surface area (Å²) < 4.78 is 5.15. The molecule has 18 heavy (non-hydrogen) atoms. The van der Waals surface area contributed by atoms with Crippen LogP contribution in [0.25, 0.3) is 0 Å². The lowest BCUT2D eigenvalue weighted by molar-refractivity contribution is 0.277. The number of rotatable bonds is 5. The second-order valence-corrected chi connectivity index (χ2v) is 3.56. The lowest BCUT2D eigenvalue weighted by Crippen LogP contribution is -2.06. The first kappa shape index (κ1) is 12.3. The summed E-state index contributed by atoms with van der Waals surface area (Å²) in [4.78, 5) is 12.3. The molecule has 6 heteroatoms. The standard InChI is InChI=1S/C12H14N4O2/c1-18-11-9(3-2-5-13-11)7-15-12-14-6-4-10(8-17)16-12/h2-6,17H,7-8H2,1H3,(H,14,15,16). The number of hydrogen-bond donors (Lipinski definition) is 2. The van der Waals surface area contributed by atoms with Crippen molar-refractivity contribution in [3.05, 3.63) is 41.9 Å². The van der Waals surface area contributed by atoms with Crippen molar-refractivity contribution in [3.63, 3.8) is 0 Å². The summed E-state index contributed by atoms with van der Waals surface area (Å²) >= 11 is 0. The molecule has 0 amide bonds. The van der Waals surface area contributed by atoms with Crippen LogP contribution < -0.4 is 10.1 Å². The van der Waals surface area contributed by atoms with Gasteiger partial charge in [-0.15, -0.1) is 0 Å². The Morgan fingerprint density at radius 2 is 2.17 bits per heavy atom. The van der Waals surface area contributed by atoms with Gasteiger partial charge in [0.1, 0.15) is 0 Å². The van der Waals surface area contributed by atoms with E-state index >= 15 is 0 Å².